The van der Waals surface area contributed by atoms with Gasteiger partial charge in [-0.05, 0) is 17.7 Å². The summed E-state index contributed by atoms with van der Waals surface area (Å²) < 4.78 is 5.01. The lowest BCUT2D eigenvalue weighted by Crippen LogP contribution is -2.04. The third-order valence-corrected chi connectivity index (χ3v) is 2.32. The van der Waals surface area contributed by atoms with Gasteiger partial charge in [0.1, 0.15) is 0 Å². The molecule has 0 aliphatic rings. The van der Waals surface area contributed by atoms with Crippen LogP contribution in [0, 0.1) is 0 Å². The fraction of sp³-hybridized carbons (Fsp3) is 0.0667. The summed E-state index contributed by atoms with van der Waals surface area (Å²) in [6, 6.07) is 18.5. The van der Waals surface area contributed by atoms with Crippen LogP contribution in [0.2, 0.25) is 0 Å². The molecular formula is C15H13NO2. The molecular weight excluding hydrogens is 226 g/mol. The van der Waals surface area contributed by atoms with Crippen molar-refractivity contribution in [3.63, 3.8) is 0 Å². The number of carbonyl (C=O) groups excluding carboxylic acids is 1. The summed E-state index contributed by atoms with van der Waals surface area (Å²) in [4.78, 5) is 15.6. The van der Waals surface area contributed by atoms with E-state index in [4.69, 9.17) is 4.74 Å². The number of hydrogen-bond donors (Lipinski definition) is 0. The highest BCUT2D eigenvalue weighted by Gasteiger charge is 2.03. The molecule has 0 amide bonds. The van der Waals surface area contributed by atoms with Crippen LogP contribution >= 0.6 is 0 Å². The lowest BCUT2D eigenvalue weighted by Gasteiger charge is -2.00. The van der Waals surface area contributed by atoms with Crippen molar-refractivity contribution in [3.05, 3.63) is 71.8 Å². The molecule has 0 unspecified atom stereocenters. The Hall–Kier alpha value is -2.42. The van der Waals surface area contributed by atoms with Crippen molar-refractivity contribution in [1.82, 2.24) is 0 Å². The van der Waals surface area contributed by atoms with Gasteiger partial charge >= 0.3 is 5.97 Å². The quantitative estimate of drug-likeness (QED) is 0.607. The smallest absolute Gasteiger partial charge is 0.339 e. The van der Waals surface area contributed by atoms with Gasteiger partial charge in [-0.2, -0.15) is 0 Å². The van der Waals surface area contributed by atoms with Crippen molar-refractivity contribution >= 4 is 12.2 Å². The Labute approximate surface area is 106 Å². The predicted octanol–water partition coefficient (Wildman–Crippen LogP) is 2.92. The van der Waals surface area contributed by atoms with Crippen LogP contribution in [0.3, 0.4) is 0 Å². The SMILES string of the molecule is O=C(OCN=Cc1ccccc1)c1ccccc1. The third-order valence-electron chi connectivity index (χ3n) is 2.32. The van der Waals surface area contributed by atoms with Crippen molar-refractivity contribution in [2.75, 3.05) is 6.73 Å². The first-order valence-electron chi connectivity index (χ1n) is 5.63. The number of nitrogens with zero attached hydrogens (tertiary/aromatic N) is 1. The van der Waals surface area contributed by atoms with E-state index in [0.717, 1.165) is 5.56 Å². The van der Waals surface area contributed by atoms with E-state index in [2.05, 4.69) is 4.99 Å². The Balaban J connectivity index is 1.83. The summed E-state index contributed by atoms with van der Waals surface area (Å²) >= 11 is 0. The number of carbonyl (C=O) groups is 1. The van der Waals surface area contributed by atoms with Gasteiger partial charge in [0.15, 0.2) is 6.73 Å². The molecule has 2 aromatic rings. The molecule has 3 heteroatoms. The highest BCUT2D eigenvalue weighted by atomic mass is 16.5. The molecule has 18 heavy (non-hydrogen) atoms. The molecule has 0 heterocycles. The average molecular weight is 239 g/mol. The van der Waals surface area contributed by atoms with Crippen molar-refractivity contribution in [2.45, 2.75) is 0 Å². The number of aliphatic imine (C=N–C) groups is 1. The fourth-order valence-corrected chi connectivity index (χ4v) is 1.44. The predicted molar refractivity (Wildman–Crippen MR) is 70.8 cm³/mol. The number of rotatable bonds is 4. The van der Waals surface area contributed by atoms with Crippen LogP contribution in [0.25, 0.3) is 0 Å². The Bertz CT molecular complexity index is 521. The van der Waals surface area contributed by atoms with E-state index in [9.17, 15) is 4.79 Å². The van der Waals surface area contributed by atoms with Gasteiger partial charge in [0.05, 0.1) is 5.56 Å². The summed E-state index contributed by atoms with van der Waals surface area (Å²) in [5.41, 5.74) is 1.51. The number of benzene rings is 2. The Morgan fingerprint density at radius 3 is 2.28 bits per heavy atom. The van der Waals surface area contributed by atoms with E-state index in [1.807, 2.05) is 36.4 Å². The van der Waals surface area contributed by atoms with E-state index < -0.39 is 0 Å². The highest BCUT2D eigenvalue weighted by molar-refractivity contribution is 5.89. The first kappa shape index (κ1) is 12.0. The van der Waals surface area contributed by atoms with Crippen molar-refractivity contribution in [1.29, 1.82) is 0 Å². The lowest BCUT2D eigenvalue weighted by atomic mass is 10.2. The molecule has 2 rings (SSSR count). The van der Waals surface area contributed by atoms with E-state index >= 15 is 0 Å². The zero-order valence-electron chi connectivity index (χ0n) is 9.82. The van der Waals surface area contributed by atoms with Gasteiger partial charge < -0.3 is 4.74 Å². The Morgan fingerprint density at radius 1 is 1.00 bits per heavy atom. The zero-order chi connectivity index (χ0) is 12.6. The van der Waals surface area contributed by atoms with Gasteiger partial charge in [-0.3, -0.25) is 4.99 Å². The molecule has 0 fully saturated rings. The Morgan fingerprint density at radius 2 is 1.61 bits per heavy atom. The number of ether oxygens (including phenoxy) is 1. The van der Waals surface area contributed by atoms with Gasteiger partial charge in [-0.25, -0.2) is 4.79 Å². The van der Waals surface area contributed by atoms with E-state index in [1.54, 1.807) is 30.5 Å². The summed E-state index contributed by atoms with van der Waals surface area (Å²) in [6.45, 7) is 0.0304. The highest BCUT2D eigenvalue weighted by Crippen LogP contribution is 2.01. The topological polar surface area (TPSA) is 38.7 Å². The summed E-state index contributed by atoms with van der Waals surface area (Å²) in [5.74, 6) is -0.360. The van der Waals surface area contributed by atoms with Gasteiger partial charge in [0.25, 0.3) is 0 Å². The number of esters is 1. The largest absolute Gasteiger partial charge is 0.439 e. The van der Waals surface area contributed by atoms with E-state index in [0.29, 0.717) is 5.56 Å². The molecule has 3 nitrogen and oxygen atoms in total. The minimum Gasteiger partial charge on any atom is -0.439 e. The monoisotopic (exact) mass is 239 g/mol. The first-order valence-corrected chi connectivity index (χ1v) is 5.63. The van der Waals surface area contributed by atoms with Gasteiger partial charge in [0, 0.05) is 6.21 Å². The molecule has 0 atom stereocenters. The maximum atomic E-state index is 11.6. The molecule has 0 aliphatic heterocycles. The Kier molecular flexibility index (Phi) is 4.25. The number of hydrogen-bond acceptors (Lipinski definition) is 3. The minimum atomic E-state index is -0.360. The molecule has 0 aromatic heterocycles. The molecule has 2 aromatic carbocycles. The van der Waals surface area contributed by atoms with Crippen LogP contribution in [0.1, 0.15) is 15.9 Å². The van der Waals surface area contributed by atoms with Crippen LogP contribution in [0.15, 0.2) is 65.7 Å². The second-order valence-electron chi connectivity index (χ2n) is 3.65. The maximum Gasteiger partial charge on any atom is 0.339 e. The van der Waals surface area contributed by atoms with Gasteiger partial charge in [-0.1, -0.05) is 48.5 Å². The molecule has 90 valence electrons. The minimum absolute atomic E-state index is 0.0304. The molecule has 0 spiro atoms. The maximum absolute atomic E-state index is 11.6. The van der Waals surface area contributed by atoms with Crippen molar-refractivity contribution in [2.24, 2.45) is 4.99 Å². The molecule has 0 saturated heterocycles. The normalized spacial score (nSPS) is 10.4. The summed E-state index contributed by atoms with van der Waals surface area (Å²) in [6.07, 6.45) is 1.68. The molecule has 0 radical (unpaired) electrons. The van der Waals surface area contributed by atoms with Crippen LogP contribution in [0.4, 0.5) is 0 Å². The fourth-order valence-electron chi connectivity index (χ4n) is 1.44. The van der Waals surface area contributed by atoms with Crippen LogP contribution in [0.5, 0.6) is 0 Å². The lowest BCUT2D eigenvalue weighted by molar-refractivity contribution is 0.0518. The third kappa shape index (κ3) is 3.56. The van der Waals surface area contributed by atoms with E-state index in [1.165, 1.54) is 0 Å². The van der Waals surface area contributed by atoms with Crippen LogP contribution in [-0.2, 0) is 4.74 Å². The standard InChI is InChI=1S/C15H13NO2/c17-15(14-9-5-2-6-10-14)18-12-16-11-13-7-3-1-4-8-13/h1-11H,12H2. The first-order chi connectivity index (χ1) is 8.86. The average Bonchev–Trinajstić information content (AvgIpc) is 2.45. The van der Waals surface area contributed by atoms with Crippen molar-refractivity contribution < 1.29 is 9.53 Å². The molecule has 0 N–H and O–H groups in total. The molecule has 0 saturated carbocycles. The second kappa shape index (κ2) is 6.35. The second-order valence-corrected chi connectivity index (χ2v) is 3.65. The summed E-state index contributed by atoms with van der Waals surface area (Å²) in [7, 11) is 0. The van der Waals surface area contributed by atoms with Crippen LogP contribution < -0.4 is 0 Å². The van der Waals surface area contributed by atoms with Gasteiger partial charge in [0.2, 0.25) is 0 Å². The van der Waals surface area contributed by atoms with Crippen LogP contribution in [-0.4, -0.2) is 18.9 Å². The van der Waals surface area contributed by atoms with Crippen molar-refractivity contribution in [3.8, 4) is 0 Å². The zero-order valence-corrected chi connectivity index (χ0v) is 9.82. The van der Waals surface area contributed by atoms with Gasteiger partial charge in [-0.15, -0.1) is 0 Å². The molecule has 0 bridgehead atoms. The molecule has 0 aliphatic carbocycles. The summed E-state index contributed by atoms with van der Waals surface area (Å²) in [5, 5.41) is 0. The van der Waals surface area contributed by atoms with E-state index in [-0.39, 0.29) is 12.7 Å².